The van der Waals surface area contributed by atoms with E-state index in [1.807, 2.05) is 0 Å². The summed E-state index contributed by atoms with van der Waals surface area (Å²) < 4.78 is 0. The largest absolute Gasteiger partial charge is 0.341 e. The van der Waals surface area contributed by atoms with Crippen LogP contribution in [0, 0.1) is 0 Å². The van der Waals surface area contributed by atoms with Crippen molar-refractivity contribution in [3.05, 3.63) is 48.0 Å². The second-order valence-electron chi connectivity index (χ2n) is 3.16. The predicted molar refractivity (Wildman–Crippen MR) is 58.4 cm³/mol. The Balaban J connectivity index is 2.09. The quantitative estimate of drug-likeness (QED) is 0.761. The SMILES string of the molecule is O=Cc1ccc(NC(=O)c2cnc[nH]2)cc1. The lowest BCUT2D eigenvalue weighted by Gasteiger charge is -2.02. The summed E-state index contributed by atoms with van der Waals surface area (Å²) in [6.45, 7) is 0. The molecule has 1 aromatic heterocycles. The van der Waals surface area contributed by atoms with Gasteiger partial charge >= 0.3 is 0 Å². The van der Waals surface area contributed by atoms with Crippen molar-refractivity contribution in [2.45, 2.75) is 0 Å². The molecular formula is C11H9N3O2. The molecule has 0 aliphatic heterocycles. The normalized spacial score (nSPS) is 9.75. The lowest BCUT2D eigenvalue weighted by Crippen LogP contribution is -2.12. The van der Waals surface area contributed by atoms with Crippen LogP contribution in [-0.2, 0) is 0 Å². The molecule has 80 valence electrons. The molecule has 0 atom stereocenters. The first-order chi connectivity index (χ1) is 7.79. The minimum Gasteiger partial charge on any atom is -0.341 e. The summed E-state index contributed by atoms with van der Waals surface area (Å²) in [6, 6.07) is 6.60. The zero-order valence-electron chi connectivity index (χ0n) is 8.31. The highest BCUT2D eigenvalue weighted by Crippen LogP contribution is 2.09. The summed E-state index contributed by atoms with van der Waals surface area (Å²) in [5.41, 5.74) is 1.59. The average molecular weight is 215 g/mol. The molecule has 0 radical (unpaired) electrons. The van der Waals surface area contributed by atoms with Crippen LogP contribution in [0.15, 0.2) is 36.8 Å². The smallest absolute Gasteiger partial charge is 0.273 e. The van der Waals surface area contributed by atoms with E-state index < -0.39 is 0 Å². The molecule has 16 heavy (non-hydrogen) atoms. The number of amides is 1. The predicted octanol–water partition coefficient (Wildman–Crippen LogP) is 1.47. The fourth-order valence-electron chi connectivity index (χ4n) is 1.22. The number of hydrogen-bond donors (Lipinski definition) is 2. The van der Waals surface area contributed by atoms with Crippen LogP contribution in [0.3, 0.4) is 0 Å². The Morgan fingerprint density at radius 3 is 2.62 bits per heavy atom. The van der Waals surface area contributed by atoms with E-state index in [0.717, 1.165) is 6.29 Å². The maximum absolute atomic E-state index is 11.6. The van der Waals surface area contributed by atoms with E-state index >= 15 is 0 Å². The Labute approximate surface area is 91.5 Å². The topological polar surface area (TPSA) is 74.8 Å². The molecule has 1 amide bonds. The number of imidazole rings is 1. The van der Waals surface area contributed by atoms with Gasteiger partial charge < -0.3 is 10.3 Å². The van der Waals surface area contributed by atoms with Gasteiger partial charge in [-0.1, -0.05) is 0 Å². The number of rotatable bonds is 3. The van der Waals surface area contributed by atoms with Gasteiger partial charge in [-0.2, -0.15) is 0 Å². The summed E-state index contributed by atoms with van der Waals surface area (Å²) >= 11 is 0. The molecule has 0 saturated carbocycles. The summed E-state index contributed by atoms with van der Waals surface area (Å²) in [4.78, 5) is 28.5. The van der Waals surface area contributed by atoms with Gasteiger partial charge in [0.25, 0.3) is 5.91 Å². The molecule has 0 saturated heterocycles. The van der Waals surface area contributed by atoms with E-state index in [-0.39, 0.29) is 5.91 Å². The van der Waals surface area contributed by atoms with Crippen molar-refractivity contribution in [1.29, 1.82) is 0 Å². The second kappa shape index (κ2) is 4.39. The van der Waals surface area contributed by atoms with Gasteiger partial charge in [-0.3, -0.25) is 9.59 Å². The van der Waals surface area contributed by atoms with Gasteiger partial charge in [0, 0.05) is 11.3 Å². The third kappa shape index (κ3) is 2.14. The highest BCUT2D eigenvalue weighted by Gasteiger charge is 2.06. The van der Waals surface area contributed by atoms with Crippen LogP contribution in [0.25, 0.3) is 0 Å². The van der Waals surface area contributed by atoms with Crippen molar-refractivity contribution in [3.8, 4) is 0 Å². The number of hydrogen-bond acceptors (Lipinski definition) is 3. The van der Waals surface area contributed by atoms with Gasteiger partial charge in [-0.25, -0.2) is 4.98 Å². The van der Waals surface area contributed by atoms with E-state index in [9.17, 15) is 9.59 Å². The molecule has 0 unspecified atom stereocenters. The second-order valence-corrected chi connectivity index (χ2v) is 3.16. The number of nitrogens with zero attached hydrogens (tertiary/aromatic N) is 1. The van der Waals surface area contributed by atoms with Crippen LogP contribution in [0.5, 0.6) is 0 Å². The van der Waals surface area contributed by atoms with Gasteiger partial charge in [-0.05, 0) is 24.3 Å². The third-order valence-electron chi connectivity index (χ3n) is 2.05. The molecule has 1 heterocycles. The van der Waals surface area contributed by atoms with E-state index in [0.29, 0.717) is 16.9 Å². The Morgan fingerprint density at radius 1 is 1.31 bits per heavy atom. The Morgan fingerprint density at radius 2 is 2.06 bits per heavy atom. The summed E-state index contributed by atoms with van der Waals surface area (Å²) in [7, 11) is 0. The van der Waals surface area contributed by atoms with E-state index in [1.165, 1.54) is 12.5 Å². The Kier molecular flexibility index (Phi) is 2.77. The minimum atomic E-state index is -0.267. The standard InChI is InChI=1S/C11H9N3O2/c15-6-8-1-3-9(4-2-8)14-11(16)10-5-12-7-13-10/h1-7H,(H,12,13)(H,14,16). The highest BCUT2D eigenvalue weighted by molar-refractivity contribution is 6.02. The molecule has 2 N–H and O–H groups in total. The number of nitrogens with one attached hydrogen (secondary N) is 2. The molecule has 0 fully saturated rings. The van der Waals surface area contributed by atoms with Gasteiger partial charge in [0.15, 0.2) is 0 Å². The van der Waals surface area contributed by atoms with E-state index in [2.05, 4.69) is 15.3 Å². The van der Waals surface area contributed by atoms with Crippen LogP contribution in [0.4, 0.5) is 5.69 Å². The molecule has 5 nitrogen and oxygen atoms in total. The van der Waals surface area contributed by atoms with Crippen molar-refractivity contribution in [3.63, 3.8) is 0 Å². The van der Waals surface area contributed by atoms with Crippen molar-refractivity contribution in [1.82, 2.24) is 9.97 Å². The van der Waals surface area contributed by atoms with E-state index in [4.69, 9.17) is 0 Å². The van der Waals surface area contributed by atoms with E-state index in [1.54, 1.807) is 24.3 Å². The number of aromatic amines is 1. The molecule has 2 aromatic rings. The Hall–Kier alpha value is -2.43. The molecule has 1 aromatic carbocycles. The maximum Gasteiger partial charge on any atom is 0.273 e. The van der Waals surface area contributed by atoms with Crippen LogP contribution >= 0.6 is 0 Å². The lowest BCUT2D eigenvalue weighted by atomic mass is 10.2. The molecule has 0 aliphatic carbocycles. The molecule has 5 heteroatoms. The number of aromatic nitrogens is 2. The van der Waals surface area contributed by atoms with Crippen LogP contribution < -0.4 is 5.32 Å². The molecule has 0 spiro atoms. The number of benzene rings is 1. The fraction of sp³-hybridized carbons (Fsp3) is 0. The Bertz CT molecular complexity index is 488. The molecular weight excluding hydrogens is 206 g/mol. The van der Waals surface area contributed by atoms with Crippen molar-refractivity contribution in [2.24, 2.45) is 0 Å². The van der Waals surface area contributed by atoms with Crippen LogP contribution in [0.2, 0.25) is 0 Å². The van der Waals surface area contributed by atoms with Gasteiger partial charge in [-0.15, -0.1) is 0 Å². The van der Waals surface area contributed by atoms with Crippen LogP contribution in [0.1, 0.15) is 20.8 Å². The molecule has 0 aliphatic rings. The first-order valence-electron chi connectivity index (χ1n) is 4.64. The molecule has 0 bridgehead atoms. The number of H-pyrrole nitrogens is 1. The fourth-order valence-corrected chi connectivity index (χ4v) is 1.22. The molecule has 2 rings (SSSR count). The lowest BCUT2D eigenvalue weighted by molar-refractivity contribution is 0.102. The van der Waals surface area contributed by atoms with Gasteiger partial charge in [0.1, 0.15) is 12.0 Å². The average Bonchev–Trinajstić information content (AvgIpc) is 2.83. The van der Waals surface area contributed by atoms with Gasteiger partial charge in [0.05, 0.1) is 12.5 Å². The van der Waals surface area contributed by atoms with Gasteiger partial charge in [0.2, 0.25) is 0 Å². The van der Waals surface area contributed by atoms with Crippen molar-refractivity contribution < 1.29 is 9.59 Å². The third-order valence-corrected chi connectivity index (χ3v) is 2.05. The first kappa shape index (κ1) is 10.1. The van der Waals surface area contributed by atoms with Crippen LogP contribution in [-0.4, -0.2) is 22.2 Å². The summed E-state index contributed by atoms with van der Waals surface area (Å²) in [6.07, 6.45) is 3.63. The monoisotopic (exact) mass is 215 g/mol. The zero-order valence-corrected chi connectivity index (χ0v) is 8.31. The number of aldehydes is 1. The number of anilines is 1. The first-order valence-corrected chi connectivity index (χ1v) is 4.64. The minimum absolute atomic E-state index is 0.267. The van der Waals surface area contributed by atoms with Crippen molar-refractivity contribution >= 4 is 17.9 Å². The zero-order chi connectivity index (χ0) is 11.4. The number of carbonyl (C=O) groups is 2. The summed E-state index contributed by atoms with van der Waals surface area (Å²) in [5, 5.41) is 2.67. The van der Waals surface area contributed by atoms with Crippen molar-refractivity contribution in [2.75, 3.05) is 5.32 Å². The maximum atomic E-state index is 11.6. The number of carbonyl (C=O) groups excluding carboxylic acids is 2. The highest BCUT2D eigenvalue weighted by atomic mass is 16.1. The summed E-state index contributed by atoms with van der Waals surface area (Å²) in [5.74, 6) is -0.267.